The Morgan fingerprint density at radius 1 is 1.07 bits per heavy atom. The van der Waals surface area contributed by atoms with Crippen molar-refractivity contribution in [1.82, 2.24) is 19.7 Å². The molecule has 1 aromatic carbocycles. The van der Waals surface area contributed by atoms with Gasteiger partial charge in [-0.3, -0.25) is 4.79 Å². The van der Waals surface area contributed by atoms with Crippen molar-refractivity contribution in [1.29, 1.82) is 0 Å². The molecule has 9 heteroatoms. The highest BCUT2D eigenvalue weighted by Gasteiger charge is 2.22. The van der Waals surface area contributed by atoms with Crippen LogP contribution in [0, 0.1) is 0 Å². The number of aryl methyl sites for hydroxylation is 1. The molecule has 9 nitrogen and oxygen atoms in total. The lowest BCUT2D eigenvalue weighted by atomic mass is 10.1. The number of nitrogens with zero attached hydrogens (tertiary/aromatic N) is 4. The van der Waals surface area contributed by atoms with Crippen molar-refractivity contribution < 1.29 is 18.9 Å². The van der Waals surface area contributed by atoms with E-state index in [-0.39, 0.29) is 12.4 Å². The molecule has 5 rings (SSSR count). The average Bonchev–Trinajstić information content (AvgIpc) is 3.23. The van der Waals surface area contributed by atoms with Crippen LogP contribution < -0.4 is 24.5 Å². The average molecular weight is 408 g/mol. The molecule has 30 heavy (non-hydrogen) atoms. The third-order valence-corrected chi connectivity index (χ3v) is 5.31. The van der Waals surface area contributed by atoms with Gasteiger partial charge in [-0.1, -0.05) is 13.3 Å². The van der Waals surface area contributed by atoms with E-state index < -0.39 is 0 Å². The second-order valence-electron chi connectivity index (χ2n) is 7.02. The number of rotatable bonds is 5. The molecule has 3 aromatic heterocycles. The zero-order chi connectivity index (χ0) is 20.8. The second kappa shape index (κ2) is 7.01. The fourth-order valence-electron chi connectivity index (χ4n) is 3.80. The van der Waals surface area contributed by atoms with Gasteiger partial charge in [0.25, 0.3) is 11.4 Å². The Bertz CT molecular complexity index is 1370. The Hall–Kier alpha value is -3.62. The predicted molar refractivity (Wildman–Crippen MR) is 111 cm³/mol. The normalized spacial score (nSPS) is 12.8. The SMILES string of the molecule is CCCCn1c(=O)c2c3cc4c(cc3nnc2c2nc(OC)c(OC)cc21)OCO4. The molecule has 1 aliphatic rings. The van der Waals surface area contributed by atoms with E-state index in [0.717, 1.165) is 12.8 Å². The summed E-state index contributed by atoms with van der Waals surface area (Å²) in [5.41, 5.74) is 1.98. The molecule has 4 heterocycles. The van der Waals surface area contributed by atoms with Crippen LogP contribution in [0.25, 0.3) is 32.8 Å². The molecule has 0 unspecified atom stereocenters. The van der Waals surface area contributed by atoms with E-state index in [9.17, 15) is 4.79 Å². The zero-order valence-electron chi connectivity index (χ0n) is 16.9. The van der Waals surface area contributed by atoms with Gasteiger partial charge in [0.15, 0.2) is 17.2 Å². The summed E-state index contributed by atoms with van der Waals surface area (Å²) in [5, 5.41) is 9.78. The predicted octanol–water partition coefficient (Wildman–Crippen LogP) is 3.04. The van der Waals surface area contributed by atoms with Crippen molar-refractivity contribution in [2.24, 2.45) is 0 Å². The van der Waals surface area contributed by atoms with Gasteiger partial charge in [0.05, 0.1) is 30.6 Å². The first kappa shape index (κ1) is 18.4. The van der Waals surface area contributed by atoms with E-state index in [0.29, 0.717) is 62.5 Å². The van der Waals surface area contributed by atoms with Gasteiger partial charge in [-0.25, -0.2) is 4.98 Å². The van der Waals surface area contributed by atoms with E-state index in [4.69, 9.17) is 18.9 Å². The maximum Gasteiger partial charge on any atom is 0.261 e. The number of hydrogen-bond donors (Lipinski definition) is 0. The highest BCUT2D eigenvalue weighted by atomic mass is 16.7. The molecule has 0 aliphatic carbocycles. The standard InChI is InChI=1S/C21H20N4O5/c1-4-5-6-25-13-9-16(27-2)20(28-3)22-18(13)19-17(21(25)26)11-7-14-15(30-10-29-14)8-12(11)23-24-19/h7-9H,4-6,10H2,1-3H3. The molecule has 1 aliphatic heterocycles. The minimum Gasteiger partial charge on any atom is -0.491 e. The number of methoxy groups -OCH3 is 2. The summed E-state index contributed by atoms with van der Waals surface area (Å²) in [6, 6.07) is 5.29. The van der Waals surface area contributed by atoms with E-state index >= 15 is 0 Å². The number of benzene rings is 1. The van der Waals surface area contributed by atoms with Crippen LogP contribution in [0.5, 0.6) is 23.1 Å². The Labute approximate surface area is 171 Å². The molecule has 4 aromatic rings. The Morgan fingerprint density at radius 3 is 2.60 bits per heavy atom. The van der Waals surface area contributed by atoms with Crippen molar-refractivity contribution in [3.05, 3.63) is 28.6 Å². The Morgan fingerprint density at radius 2 is 1.87 bits per heavy atom. The third-order valence-electron chi connectivity index (χ3n) is 5.31. The van der Waals surface area contributed by atoms with E-state index in [2.05, 4.69) is 22.1 Å². The van der Waals surface area contributed by atoms with Crippen LogP contribution in [0.2, 0.25) is 0 Å². The molecule has 154 valence electrons. The first-order chi connectivity index (χ1) is 14.7. The van der Waals surface area contributed by atoms with Gasteiger partial charge in [-0.05, 0) is 12.5 Å². The lowest BCUT2D eigenvalue weighted by Gasteiger charge is -2.15. The molecular formula is C21H20N4O5. The maximum absolute atomic E-state index is 13.6. The van der Waals surface area contributed by atoms with Gasteiger partial charge >= 0.3 is 0 Å². The molecule has 0 saturated carbocycles. The number of ether oxygens (including phenoxy) is 4. The number of hydrogen-bond acceptors (Lipinski definition) is 8. The summed E-state index contributed by atoms with van der Waals surface area (Å²) in [4.78, 5) is 18.3. The van der Waals surface area contributed by atoms with Crippen LogP contribution in [-0.4, -0.2) is 40.8 Å². The van der Waals surface area contributed by atoms with Crippen molar-refractivity contribution in [3.63, 3.8) is 0 Å². The first-order valence-electron chi connectivity index (χ1n) is 9.71. The van der Waals surface area contributed by atoms with Crippen LogP contribution >= 0.6 is 0 Å². The molecule has 0 bridgehead atoms. The number of aromatic nitrogens is 4. The summed E-state index contributed by atoms with van der Waals surface area (Å²) < 4.78 is 23.5. The topological polar surface area (TPSA) is 97.6 Å². The molecule has 0 radical (unpaired) electrons. The monoisotopic (exact) mass is 408 g/mol. The maximum atomic E-state index is 13.6. The zero-order valence-corrected chi connectivity index (χ0v) is 16.9. The van der Waals surface area contributed by atoms with Crippen LogP contribution in [0.4, 0.5) is 0 Å². The minimum atomic E-state index is -0.154. The molecule has 0 fully saturated rings. The largest absolute Gasteiger partial charge is 0.491 e. The van der Waals surface area contributed by atoms with Crippen molar-refractivity contribution in [2.75, 3.05) is 21.0 Å². The third kappa shape index (κ3) is 2.62. The summed E-state index contributed by atoms with van der Waals surface area (Å²) in [7, 11) is 3.06. The summed E-state index contributed by atoms with van der Waals surface area (Å²) in [6.45, 7) is 2.77. The van der Waals surface area contributed by atoms with Gasteiger partial charge in [-0.2, -0.15) is 0 Å². The molecule has 0 N–H and O–H groups in total. The van der Waals surface area contributed by atoms with Crippen LogP contribution in [0.15, 0.2) is 23.0 Å². The van der Waals surface area contributed by atoms with Gasteiger partial charge in [0, 0.05) is 24.1 Å². The van der Waals surface area contributed by atoms with Gasteiger partial charge in [-0.15, -0.1) is 10.2 Å². The van der Waals surface area contributed by atoms with Crippen molar-refractivity contribution >= 4 is 32.8 Å². The lowest BCUT2D eigenvalue weighted by molar-refractivity contribution is 0.174. The van der Waals surface area contributed by atoms with Gasteiger partial charge in [0.2, 0.25) is 6.79 Å². The van der Waals surface area contributed by atoms with E-state index in [1.807, 2.05) is 0 Å². The summed E-state index contributed by atoms with van der Waals surface area (Å²) in [6.07, 6.45) is 1.79. The highest BCUT2D eigenvalue weighted by Crippen LogP contribution is 2.38. The first-order valence-corrected chi connectivity index (χ1v) is 9.71. The summed E-state index contributed by atoms with van der Waals surface area (Å²) >= 11 is 0. The summed E-state index contributed by atoms with van der Waals surface area (Å²) in [5.74, 6) is 1.94. The van der Waals surface area contributed by atoms with Crippen LogP contribution in [-0.2, 0) is 6.54 Å². The fraction of sp³-hybridized carbons (Fsp3) is 0.333. The van der Waals surface area contributed by atoms with Gasteiger partial charge < -0.3 is 23.5 Å². The number of unbranched alkanes of at least 4 members (excludes halogenated alkanes) is 1. The number of pyridine rings is 2. The second-order valence-corrected chi connectivity index (χ2v) is 7.02. The molecule has 0 spiro atoms. The Kier molecular flexibility index (Phi) is 4.30. The molecule has 0 saturated heterocycles. The van der Waals surface area contributed by atoms with Crippen molar-refractivity contribution in [3.8, 4) is 23.1 Å². The quantitative estimate of drug-likeness (QED) is 0.465. The molecule has 0 atom stereocenters. The van der Waals surface area contributed by atoms with E-state index in [1.165, 1.54) is 14.2 Å². The smallest absolute Gasteiger partial charge is 0.261 e. The van der Waals surface area contributed by atoms with Gasteiger partial charge in [0.1, 0.15) is 11.0 Å². The van der Waals surface area contributed by atoms with Crippen LogP contribution in [0.3, 0.4) is 0 Å². The van der Waals surface area contributed by atoms with Crippen LogP contribution in [0.1, 0.15) is 19.8 Å². The van der Waals surface area contributed by atoms with E-state index in [1.54, 1.807) is 22.8 Å². The molecular weight excluding hydrogens is 388 g/mol. The number of fused-ring (bicyclic) bond motifs is 6. The Balaban J connectivity index is 1.95. The minimum absolute atomic E-state index is 0.138. The molecule has 0 amide bonds. The lowest BCUT2D eigenvalue weighted by Crippen LogP contribution is -2.22. The highest BCUT2D eigenvalue weighted by molar-refractivity contribution is 6.12. The fourth-order valence-corrected chi connectivity index (χ4v) is 3.80. The van der Waals surface area contributed by atoms with Crippen molar-refractivity contribution in [2.45, 2.75) is 26.3 Å².